The van der Waals surface area contributed by atoms with Gasteiger partial charge in [-0.3, -0.25) is 0 Å². The van der Waals surface area contributed by atoms with Crippen LogP contribution < -0.4 is 5.32 Å². The van der Waals surface area contributed by atoms with Crippen molar-refractivity contribution in [3.63, 3.8) is 0 Å². The largest absolute Gasteiger partial charge is 0.366 e. The van der Waals surface area contributed by atoms with Crippen molar-refractivity contribution in [1.29, 1.82) is 0 Å². The lowest BCUT2D eigenvalue weighted by molar-refractivity contribution is 0.311. The van der Waals surface area contributed by atoms with Crippen LogP contribution in [0.5, 0.6) is 0 Å². The van der Waals surface area contributed by atoms with E-state index in [0.717, 1.165) is 22.4 Å². The van der Waals surface area contributed by atoms with Gasteiger partial charge in [0.2, 0.25) is 0 Å². The fourth-order valence-corrected chi connectivity index (χ4v) is 2.97. The van der Waals surface area contributed by atoms with E-state index in [4.69, 9.17) is 0 Å². The van der Waals surface area contributed by atoms with Crippen LogP contribution in [-0.2, 0) is 0 Å². The number of benzene rings is 1. The molecule has 0 saturated heterocycles. The first kappa shape index (κ1) is 15.0. The molecule has 1 aromatic carbocycles. The minimum atomic E-state index is 0.268. The first-order valence-corrected chi connectivity index (χ1v) is 7.89. The average molecular weight is 360 g/mol. The van der Waals surface area contributed by atoms with Crippen LogP contribution in [0.1, 0.15) is 11.6 Å². The van der Waals surface area contributed by atoms with Gasteiger partial charge >= 0.3 is 0 Å². The van der Waals surface area contributed by atoms with Crippen LogP contribution in [-0.4, -0.2) is 40.1 Å². The molecular weight excluding hydrogens is 342 g/mol. The van der Waals surface area contributed by atoms with Crippen molar-refractivity contribution >= 4 is 27.3 Å². The van der Waals surface area contributed by atoms with Crippen molar-refractivity contribution in [3.05, 3.63) is 59.0 Å². The lowest BCUT2D eigenvalue weighted by atomic mass is 10.1. The summed E-state index contributed by atoms with van der Waals surface area (Å²) < 4.78 is 2.75. The van der Waals surface area contributed by atoms with Gasteiger partial charge in [-0.15, -0.1) is 0 Å². The first-order chi connectivity index (χ1) is 10.7. The Morgan fingerprint density at radius 3 is 2.77 bits per heavy atom. The number of likely N-dealkylation sites (N-methyl/N-ethyl adjacent to an activating group) is 1. The zero-order valence-corrected chi connectivity index (χ0v) is 14.2. The van der Waals surface area contributed by atoms with Crippen molar-refractivity contribution in [2.75, 3.05) is 26.0 Å². The number of anilines is 1. The second-order valence-corrected chi connectivity index (χ2v) is 6.19. The van der Waals surface area contributed by atoms with E-state index in [1.807, 2.05) is 16.8 Å². The summed E-state index contributed by atoms with van der Waals surface area (Å²) in [4.78, 5) is 6.65. The number of nitrogens with zero attached hydrogens (tertiary/aromatic N) is 4. The summed E-state index contributed by atoms with van der Waals surface area (Å²) in [5, 5.41) is 7.73. The molecule has 0 amide bonds. The number of aromatic nitrogens is 3. The Balaban J connectivity index is 1.84. The number of halogens is 1. The third-order valence-electron chi connectivity index (χ3n) is 3.66. The predicted octanol–water partition coefficient (Wildman–Crippen LogP) is 3.21. The fourth-order valence-electron chi connectivity index (χ4n) is 2.50. The number of fused-ring (bicyclic) bond motifs is 1. The van der Waals surface area contributed by atoms with Gasteiger partial charge in [0.05, 0.1) is 16.7 Å². The standard InChI is InChI=1S/C16H18BrN5/c1-21(2)14(12-6-4-3-5-7-12)11-19-16-15-13(17)10-20-22(15)9-8-18-16/h3-10,14H,11H2,1-2H3,(H,18,19). The van der Waals surface area contributed by atoms with E-state index in [-0.39, 0.29) is 6.04 Å². The molecule has 0 spiro atoms. The van der Waals surface area contributed by atoms with E-state index in [9.17, 15) is 0 Å². The number of hydrogen-bond acceptors (Lipinski definition) is 4. The van der Waals surface area contributed by atoms with E-state index in [2.05, 4.69) is 74.6 Å². The molecule has 2 aromatic heterocycles. The van der Waals surface area contributed by atoms with Crippen LogP contribution in [0.25, 0.3) is 5.52 Å². The molecule has 0 aliphatic carbocycles. The molecule has 0 aliphatic rings. The highest BCUT2D eigenvalue weighted by Crippen LogP contribution is 2.25. The molecule has 22 heavy (non-hydrogen) atoms. The van der Waals surface area contributed by atoms with Gasteiger partial charge in [0.25, 0.3) is 0 Å². The van der Waals surface area contributed by atoms with Gasteiger partial charge in [-0.1, -0.05) is 30.3 Å². The monoisotopic (exact) mass is 359 g/mol. The molecular formula is C16H18BrN5. The maximum absolute atomic E-state index is 4.44. The van der Waals surface area contributed by atoms with Crippen LogP contribution in [0.4, 0.5) is 5.82 Å². The van der Waals surface area contributed by atoms with E-state index < -0.39 is 0 Å². The van der Waals surface area contributed by atoms with E-state index in [1.54, 1.807) is 12.4 Å². The minimum absolute atomic E-state index is 0.268. The lowest BCUT2D eigenvalue weighted by Crippen LogP contribution is -2.27. The molecule has 0 saturated carbocycles. The fraction of sp³-hybridized carbons (Fsp3) is 0.250. The molecule has 3 aromatic rings. The quantitative estimate of drug-likeness (QED) is 0.759. The number of hydrogen-bond donors (Lipinski definition) is 1. The topological polar surface area (TPSA) is 45.5 Å². The van der Waals surface area contributed by atoms with Crippen molar-refractivity contribution in [3.8, 4) is 0 Å². The molecule has 0 fully saturated rings. The molecule has 1 N–H and O–H groups in total. The van der Waals surface area contributed by atoms with Crippen LogP contribution in [0.2, 0.25) is 0 Å². The Morgan fingerprint density at radius 2 is 2.05 bits per heavy atom. The van der Waals surface area contributed by atoms with E-state index in [0.29, 0.717) is 0 Å². The Hall–Kier alpha value is -1.92. The molecule has 1 atom stereocenters. The van der Waals surface area contributed by atoms with Gasteiger partial charge in [-0.05, 0) is 35.6 Å². The highest BCUT2D eigenvalue weighted by molar-refractivity contribution is 9.10. The van der Waals surface area contributed by atoms with Gasteiger partial charge < -0.3 is 10.2 Å². The average Bonchev–Trinajstić information content (AvgIpc) is 2.91. The summed E-state index contributed by atoms with van der Waals surface area (Å²) >= 11 is 3.52. The summed E-state index contributed by atoms with van der Waals surface area (Å²) in [7, 11) is 4.17. The summed E-state index contributed by atoms with van der Waals surface area (Å²) in [6.45, 7) is 0.765. The zero-order valence-electron chi connectivity index (χ0n) is 12.6. The maximum atomic E-state index is 4.44. The van der Waals surface area contributed by atoms with Gasteiger partial charge in [0, 0.05) is 18.9 Å². The summed E-state index contributed by atoms with van der Waals surface area (Å²) in [5.74, 6) is 0.828. The van der Waals surface area contributed by atoms with Crippen molar-refractivity contribution in [2.24, 2.45) is 0 Å². The van der Waals surface area contributed by atoms with Crippen LogP contribution in [0.3, 0.4) is 0 Å². The normalized spacial score (nSPS) is 12.7. The second-order valence-electron chi connectivity index (χ2n) is 5.33. The molecule has 114 valence electrons. The van der Waals surface area contributed by atoms with E-state index >= 15 is 0 Å². The molecule has 1 unspecified atom stereocenters. The molecule has 0 aliphatic heterocycles. The second kappa shape index (κ2) is 6.46. The molecule has 3 rings (SSSR count). The molecule has 5 nitrogen and oxygen atoms in total. The predicted molar refractivity (Wildman–Crippen MR) is 92.0 cm³/mol. The van der Waals surface area contributed by atoms with Crippen LogP contribution in [0, 0.1) is 0 Å². The minimum Gasteiger partial charge on any atom is -0.366 e. The highest BCUT2D eigenvalue weighted by Gasteiger charge is 2.15. The third kappa shape index (κ3) is 2.98. The Kier molecular flexibility index (Phi) is 4.40. The summed E-state index contributed by atoms with van der Waals surface area (Å²) in [6.07, 6.45) is 5.37. The maximum Gasteiger partial charge on any atom is 0.153 e. The van der Waals surface area contributed by atoms with Gasteiger partial charge in [-0.2, -0.15) is 5.10 Å². The molecule has 6 heteroatoms. The first-order valence-electron chi connectivity index (χ1n) is 7.10. The highest BCUT2D eigenvalue weighted by atomic mass is 79.9. The molecule has 2 heterocycles. The Labute approximate surface area is 138 Å². The summed E-state index contributed by atoms with van der Waals surface area (Å²) in [5.41, 5.74) is 2.23. The SMILES string of the molecule is CN(C)C(CNc1nccn2ncc(Br)c12)c1ccccc1. The smallest absolute Gasteiger partial charge is 0.153 e. The van der Waals surface area contributed by atoms with Crippen LogP contribution in [0.15, 0.2) is 53.4 Å². The Morgan fingerprint density at radius 1 is 1.27 bits per heavy atom. The van der Waals surface area contributed by atoms with Crippen LogP contribution >= 0.6 is 15.9 Å². The summed E-state index contributed by atoms with van der Waals surface area (Å²) in [6, 6.07) is 10.7. The zero-order chi connectivity index (χ0) is 15.5. The van der Waals surface area contributed by atoms with Crippen molar-refractivity contribution < 1.29 is 0 Å². The molecule has 0 bridgehead atoms. The van der Waals surface area contributed by atoms with Gasteiger partial charge in [0.1, 0.15) is 5.52 Å². The van der Waals surface area contributed by atoms with E-state index in [1.165, 1.54) is 5.56 Å². The third-order valence-corrected chi connectivity index (χ3v) is 4.24. The van der Waals surface area contributed by atoms with Crippen molar-refractivity contribution in [1.82, 2.24) is 19.5 Å². The van der Waals surface area contributed by atoms with Gasteiger partial charge in [0.15, 0.2) is 5.82 Å². The van der Waals surface area contributed by atoms with Crippen molar-refractivity contribution in [2.45, 2.75) is 6.04 Å². The Bertz CT molecular complexity index is 754. The van der Waals surface area contributed by atoms with Gasteiger partial charge in [-0.25, -0.2) is 9.50 Å². The number of nitrogens with one attached hydrogen (secondary N) is 1. The number of rotatable bonds is 5. The lowest BCUT2D eigenvalue weighted by Gasteiger charge is -2.25. The molecule has 0 radical (unpaired) electrons.